The molecule has 0 saturated carbocycles. The molecule has 0 spiro atoms. The maximum Gasteiger partial charge on any atom is 0.285 e. The van der Waals surface area contributed by atoms with Crippen molar-refractivity contribution in [3.8, 4) is 5.95 Å². The Balaban J connectivity index is 2.09. The number of hydrogen-bond donors (Lipinski definition) is 2. The Hall–Kier alpha value is -1.52. The fraction of sp³-hybridized carbons (Fsp3) is 0.273. The molecule has 0 aliphatic rings. The molecule has 2 N–H and O–H groups in total. The number of rotatable bonds is 4. The van der Waals surface area contributed by atoms with Crippen LogP contribution in [0.4, 0.5) is 0 Å². The number of para-hydroxylation sites is 1. The van der Waals surface area contributed by atoms with E-state index in [1.165, 1.54) is 0 Å². The summed E-state index contributed by atoms with van der Waals surface area (Å²) in [6.07, 6.45) is -0.877. The van der Waals surface area contributed by atoms with Gasteiger partial charge in [0.05, 0.1) is 6.61 Å². The first-order valence-corrected chi connectivity index (χ1v) is 4.70. The Bertz CT molecular complexity index is 402. The first kappa shape index (κ1) is 10.0. The third-order valence-corrected chi connectivity index (χ3v) is 2.03. The van der Waals surface area contributed by atoms with Gasteiger partial charge in [-0.1, -0.05) is 18.2 Å². The predicted octanol–water partition coefficient (Wildman–Crippen LogP) is 1.16. The van der Waals surface area contributed by atoms with Crippen molar-refractivity contribution in [2.75, 3.05) is 13.2 Å². The average molecular weight is 208 g/mol. The van der Waals surface area contributed by atoms with E-state index >= 15 is 0 Å². The summed E-state index contributed by atoms with van der Waals surface area (Å²) in [6, 6.07) is 9.28. The minimum absolute atomic E-state index is 0.0241. The van der Waals surface area contributed by atoms with Gasteiger partial charge in [0.15, 0.2) is 0 Å². The fourth-order valence-electron chi connectivity index (χ4n) is 1.26. The number of furan rings is 1. The minimum Gasteiger partial charge on any atom is -0.462 e. The van der Waals surface area contributed by atoms with Gasteiger partial charge in [-0.2, -0.15) is 0 Å². The quantitative estimate of drug-likeness (QED) is 0.791. The highest BCUT2D eigenvalue weighted by Gasteiger charge is 2.07. The third kappa shape index (κ3) is 2.29. The number of ether oxygens (including phenoxy) is 1. The van der Waals surface area contributed by atoms with Crippen molar-refractivity contribution in [3.63, 3.8) is 0 Å². The van der Waals surface area contributed by atoms with Crippen molar-refractivity contribution >= 4 is 11.0 Å². The van der Waals surface area contributed by atoms with E-state index < -0.39 is 6.10 Å². The summed E-state index contributed by atoms with van der Waals surface area (Å²) in [5, 5.41) is 18.6. The molecule has 0 amide bonds. The molecule has 15 heavy (non-hydrogen) atoms. The molecule has 0 saturated heterocycles. The molecular formula is C11H12O4. The Morgan fingerprint density at radius 1 is 1.33 bits per heavy atom. The number of aliphatic hydroxyl groups is 2. The van der Waals surface area contributed by atoms with Gasteiger partial charge in [0.1, 0.15) is 18.3 Å². The molecule has 0 fully saturated rings. The van der Waals surface area contributed by atoms with Crippen LogP contribution in [0.5, 0.6) is 5.95 Å². The van der Waals surface area contributed by atoms with Gasteiger partial charge in [-0.05, 0) is 6.07 Å². The summed E-state index contributed by atoms with van der Waals surface area (Å²) >= 11 is 0. The first-order valence-electron chi connectivity index (χ1n) is 4.70. The van der Waals surface area contributed by atoms with Crippen LogP contribution in [-0.2, 0) is 0 Å². The smallest absolute Gasteiger partial charge is 0.285 e. The molecule has 0 aliphatic heterocycles. The van der Waals surface area contributed by atoms with Crippen molar-refractivity contribution in [2.45, 2.75) is 6.10 Å². The topological polar surface area (TPSA) is 62.8 Å². The van der Waals surface area contributed by atoms with Crippen LogP contribution in [0.1, 0.15) is 0 Å². The summed E-state index contributed by atoms with van der Waals surface area (Å²) in [6.45, 7) is -0.295. The summed E-state index contributed by atoms with van der Waals surface area (Å²) in [5.41, 5.74) is 0.742. The highest BCUT2D eigenvalue weighted by molar-refractivity contribution is 5.78. The van der Waals surface area contributed by atoms with Gasteiger partial charge in [0.25, 0.3) is 5.95 Å². The second-order valence-corrected chi connectivity index (χ2v) is 3.25. The monoisotopic (exact) mass is 208 g/mol. The van der Waals surface area contributed by atoms with E-state index in [4.69, 9.17) is 19.4 Å². The van der Waals surface area contributed by atoms with Gasteiger partial charge in [0, 0.05) is 11.5 Å². The van der Waals surface area contributed by atoms with Crippen LogP contribution in [-0.4, -0.2) is 29.5 Å². The molecule has 2 rings (SSSR count). The normalized spacial score (nSPS) is 12.9. The zero-order valence-corrected chi connectivity index (χ0v) is 8.09. The molecule has 1 heterocycles. The van der Waals surface area contributed by atoms with Crippen LogP contribution < -0.4 is 4.74 Å². The van der Waals surface area contributed by atoms with E-state index in [-0.39, 0.29) is 13.2 Å². The molecule has 0 radical (unpaired) electrons. The van der Waals surface area contributed by atoms with Crippen molar-refractivity contribution in [2.24, 2.45) is 0 Å². The molecule has 1 aromatic carbocycles. The highest BCUT2D eigenvalue weighted by Crippen LogP contribution is 2.24. The first-order chi connectivity index (χ1) is 7.29. The number of fused-ring (bicyclic) bond motifs is 1. The standard InChI is InChI=1S/C11H12O4/c12-6-9(13)7-14-11-5-8-3-1-2-4-10(8)15-11/h1-5,9,12-13H,6-7H2. The van der Waals surface area contributed by atoms with Crippen molar-refractivity contribution in [1.82, 2.24) is 0 Å². The van der Waals surface area contributed by atoms with E-state index in [0.717, 1.165) is 11.0 Å². The zero-order chi connectivity index (χ0) is 10.7. The van der Waals surface area contributed by atoms with Crippen molar-refractivity contribution in [1.29, 1.82) is 0 Å². The van der Waals surface area contributed by atoms with Crippen LogP contribution in [0.15, 0.2) is 34.7 Å². The summed E-state index contributed by atoms with van der Waals surface area (Å²) in [7, 11) is 0. The fourth-order valence-corrected chi connectivity index (χ4v) is 1.26. The van der Waals surface area contributed by atoms with Crippen LogP contribution in [0, 0.1) is 0 Å². The molecule has 1 atom stereocenters. The summed E-state index contributed by atoms with van der Waals surface area (Å²) in [4.78, 5) is 0. The van der Waals surface area contributed by atoms with Gasteiger partial charge < -0.3 is 19.4 Å². The maximum atomic E-state index is 9.08. The lowest BCUT2D eigenvalue weighted by Gasteiger charge is -2.06. The molecule has 80 valence electrons. The third-order valence-electron chi connectivity index (χ3n) is 2.03. The molecule has 0 aliphatic carbocycles. The highest BCUT2D eigenvalue weighted by atomic mass is 16.6. The van der Waals surface area contributed by atoms with Crippen LogP contribution in [0.25, 0.3) is 11.0 Å². The Morgan fingerprint density at radius 3 is 2.87 bits per heavy atom. The Labute approximate surface area is 86.7 Å². The Morgan fingerprint density at radius 2 is 2.13 bits per heavy atom. The van der Waals surface area contributed by atoms with E-state index in [2.05, 4.69) is 0 Å². The molecule has 1 aromatic heterocycles. The largest absolute Gasteiger partial charge is 0.462 e. The molecule has 0 bridgehead atoms. The average Bonchev–Trinajstić information content (AvgIpc) is 2.68. The summed E-state index contributed by atoms with van der Waals surface area (Å²) < 4.78 is 10.5. The molecular weight excluding hydrogens is 196 g/mol. The van der Waals surface area contributed by atoms with Gasteiger partial charge in [-0.3, -0.25) is 0 Å². The minimum atomic E-state index is -0.877. The number of hydrogen-bond acceptors (Lipinski definition) is 4. The van der Waals surface area contributed by atoms with Gasteiger partial charge in [-0.15, -0.1) is 0 Å². The second-order valence-electron chi connectivity index (χ2n) is 3.25. The van der Waals surface area contributed by atoms with Gasteiger partial charge in [0.2, 0.25) is 0 Å². The molecule has 1 unspecified atom stereocenters. The molecule has 4 heteroatoms. The van der Waals surface area contributed by atoms with E-state index in [0.29, 0.717) is 5.95 Å². The summed E-state index contributed by atoms with van der Waals surface area (Å²) in [5.74, 6) is 0.351. The lowest BCUT2D eigenvalue weighted by atomic mass is 10.3. The lowest BCUT2D eigenvalue weighted by molar-refractivity contribution is 0.0461. The SMILES string of the molecule is OCC(O)COc1cc2ccccc2o1. The van der Waals surface area contributed by atoms with Gasteiger partial charge in [-0.25, -0.2) is 0 Å². The number of benzene rings is 1. The van der Waals surface area contributed by atoms with E-state index in [1.54, 1.807) is 6.07 Å². The predicted molar refractivity (Wildman–Crippen MR) is 54.8 cm³/mol. The van der Waals surface area contributed by atoms with E-state index in [9.17, 15) is 0 Å². The molecule has 2 aromatic rings. The van der Waals surface area contributed by atoms with Crippen LogP contribution >= 0.6 is 0 Å². The van der Waals surface area contributed by atoms with E-state index in [1.807, 2.05) is 24.3 Å². The van der Waals surface area contributed by atoms with Crippen LogP contribution in [0.3, 0.4) is 0 Å². The number of aliphatic hydroxyl groups excluding tert-OH is 2. The second kappa shape index (κ2) is 4.33. The Kier molecular flexibility index (Phi) is 2.89. The zero-order valence-electron chi connectivity index (χ0n) is 8.09. The van der Waals surface area contributed by atoms with Crippen molar-refractivity contribution < 1.29 is 19.4 Å². The van der Waals surface area contributed by atoms with Gasteiger partial charge >= 0.3 is 0 Å². The molecule has 4 nitrogen and oxygen atoms in total. The maximum absolute atomic E-state index is 9.08. The van der Waals surface area contributed by atoms with Crippen LogP contribution in [0.2, 0.25) is 0 Å². The van der Waals surface area contributed by atoms with Crippen molar-refractivity contribution in [3.05, 3.63) is 30.3 Å². The lowest BCUT2D eigenvalue weighted by Crippen LogP contribution is -2.21.